The molecule has 2 heterocycles. The Morgan fingerprint density at radius 3 is 2.95 bits per heavy atom. The first-order valence-corrected chi connectivity index (χ1v) is 7.15. The topological polar surface area (TPSA) is 42.7 Å². The van der Waals surface area contributed by atoms with Gasteiger partial charge in [-0.05, 0) is 25.5 Å². The Hall–Kier alpha value is -1.11. The molecule has 4 nitrogen and oxygen atoms in total. The first-order chi connectivity index (χ1) is 9.11. The summed E-state index contributed by atoms with van der Waals surface area (Å²) in [6.45, 7) is 3.08. The number of methoxy groups -OCH3 is 1. The van der Waals surface area contributed by atoms with E-state index in [4.69, 9.17) is 21.4 Å². The number of aryl methyl sites for hydroxylation is 1. The van der Waals surface area contributed by atoms with Gasteiger partial charge in [-0.3, -0.25) is 9.69 Å². The van der Waals surface area contributed by atoms with Crippen LogP contribution in [0.3, 0.4) is 0 Å². The van der Waals surface area contributed by atoms with Crippen LogP contribution >= 0.6 is 24.0 Å². The molecule has 0 aliphatic carbocycles. The summed E-state index contributed by atoms with van der Waals surface area (Å²) in [5.74, 6) is 1.44. The lowest BCUT2D eigenvalue weighted by Crippen LogP contribution is -2.29. The van der Waals surface area contributed by atoms with Crippen molar-refractivity contribution in [3.05, 3.63) is 28.6 Å². The fourth-order valence-electron chi connectivity index (χ4n) is 1.72. The van der Waals surface area contributed by atoms with Crippen LogP contribution in [0.25, 0.3) is 6.08 Å². The normalized spacial score (nSPS) is 17.8. The van der Waals surface area contributed by atoms with Gasteiger partial charge in [-0.15, -0.1) is 0 Å². The maximum atomic E-state index is 12.2. The van der Waals surface area contributed by atoms with Gasteiger partial charge in [-0.25, -0.2) is 0 Å². The minimum absolute atomic E-state index is 0.0554. The molecule has 0 saturated carbocycles. The lowest BCUT2D eigenvalue weighted by molar-refractivity contribution is -0.122. The fourth-order valence-corrected chi connectivity index (χ4v) is 3.01. The molecule has 2 rings (SSSR count). The summed E-state index contributed by atoms with van der Waals surface area (Å²) < 4.78 is 11.0. The number of rotatable bonds is 5. The zero-order valence-corrected chi connectivity index (χ0v) is 12.5. The van der Waals surface area contributed by atoms with Crippen LogP contribution in [0.2, 0.25) is 0 Å². The van der Waals surface area contributed by atoms with Gasteiger partial charge in [0.2, 0.25) is 0 Å². The van der Waals surface area contributed by atoms with Crippen molar-refractivity contribution in [3.8, 4) is 0 Å². The molecule has 1 saturated heterocycles. The Morgan fingerprint density at radius 1 is 1.53 bits per heavy atom. The van der Waals surface area contributed by atoms with E-state index in [1.807, 2.05) is 19.1 Å². The number of thioether (sulfide) groups is 1. The fraction of sp³-hybridized carbons (Fsp3) is 0.385. The summed E-state index contributed by atoms with van der Waals surface area (Å²) in [5.41, 5.74) is 0. The van der Waals surface area contributed by atoms with E-state index in [1.54, 1.807) is 18.1 Å². The lowest BCUT2D eigenvalue weighted by atomic mass is 10.3. The van der Waals surface area contributed by atoms with Gasteiger partial charge in [0.05, 0.1) is 4.91 Å². The number of nitrogens with zero attached hydrogens (tertiary/aromatic N) is 1. The Labute approximate surface area is 121 Å². The molecule has 1 aromatic rings. The van der Waals surface area contributed by atoms with Crippen LogP contribution in [0.5, 0.6) is 0 Å². The highest BCUT2D eigenvalue weighted by Crippen LogP contribution is 2.32. The molecule has 0 unspecified atom stereocenters. The van der Waals surface area contributed by atoms with Crippen LogP contribution in [0.4, 0.5) is 0 Å². The zero-order valence-electron chi connectivity index (χ0n) is 10.8. The van der Waals surface area contributed by atoms with E-state index in [1.165, 1.54) is 11.8 Å². The molecule has 102 valence electrons. The number of hydrogen-bond donors (Lipinski definition) is 0. The van der Waals surface area contributed by atoms with E-state index in [0.29, 0.717) is 28.1 Å². The minimum atomic E-state index is -0.0554. The van der Waals surface area contributed by atoms with Gasteiger partial charge in [-0.2, -0.15) is 0 Å². The van der Waals surface area contributed by atoms with Crippen molar-refractivity contribution in [2.45, 2.75) is 13.3 Å². The number of amides is 1. The van der Waals surface area contributed by atoms with Crippen molar-refractivity contribution in [3.63, 3.8) is 0 Å². The summed E-state index contributed by atoms with van der Waals surface area (Å²) >= 11 is 6.53. The summed E-state index contributed by atoms with van der Waals surface area (Å²) in [7, 11) is 1.64. The highest BCUT2D eigenvalue weighted by atomic mass is 32.2. The first-order valence-electron chi connectivity index (χ1n) is 5.92. The van der Waals surface area contributed by atoms with Gasteiger partial charge in [0, 0.05) is 26.3 Å². The average molecular weight is 297 g/mol. The van der Waals surface area contributed by atoms with E-state index in [-0.39, 0.29) is 5.91 Å². The number of thiocarbonyl (C=S) groups is 1. The number of furan rings is 1. The molecule has 0 bridgehead atoms. The second kappa shape index (κ2) is 6.36. The van der Waals surface area contributed by atoms with Crippen LogP contribution in [0, 0.1) is 6.92 Å². The third-order valence-electron chi connectivity index (χ3n) is 2.64. The van der Waals surface area contributed by atoms with Crippen molar-refractivity contribution in [1.82, 2.24) is 4.90 Å². The highest BCUT2D eigenvalue weighted by Gasteiger charge is 2.31. The molecule has 0 N–H and O–H groups in total. The van der Waals surface area contributed by atoms with Crippen molar-refractivity contribution in [2.24, 2.45) is 0 Å². The number of carbonyl (C=O) groups is 1. The molecular weight excluding hydrogens is 282 g/mol. The van der Waals surface area contributed by atoms with Gasteiger partial charge in [0.15, 0.2) is 0 Å². The molecule has 19 heavy (non-hydrogen) atoms. The summed E-state index contributed by atoms with van der Waals surface area (Å²) in [6, 6.07) is 3.71. The van der Waals surface area contributed by atoms with Crippen molar-refractivity contribution < 1.29 is 13.9 Å². The molecule has 0 spiro atoms. The summed E-state index contributed by atoms with van der Waals surface area (Å²) in [6.07, 6.45) is 2.51. The smallest absolute Gasteiger partial charge is 0.266 e. The second-order valence-electron chi connectivity index (χ2n) is 4.13. The third kappa shape index (κ3) is 3.46. The molecule has 0 radical (unpaired) electrons. The SMILES string of the molecule is COCCCN1C(=O)/C(=C\c2ccc(C)o2)SC1=S. The van der Waals surface area contributed by atoms with E-state index in [9.17, 15) is 4.79 Å². The molecule has 0 aromatic carbocycles. The highest BCUT2D eigenvalue weighted by molar-refractivity contribution is 8.26. The Bertz CT molecular complexity index is 522. The van der Waals surface area contributed by atoms with Crippen molar-refractivity contribution in [1.29, 1.82) is 0 Å². The van der Waals surface area contributed by atoms with Crippen LogP contribution in [0.15, 0.2) is 21.5 Å². The molecule has 6 heteroatoms. The van der Waals surface area contributed by atoms with E-state index in [2.05, 4.69) is 0 Å². The first kappa shape index (κ1) is 14.3. The minimum Gasteiger partial charge on any atom is -0.462 e. The maximum Gasteiger partial charge on any atom is 0.266 e. The Kier molecular flexibility index (Phi) is 4.79. The van der Waals surface area contributed by atoms with Gasteiger partial charge in [0.25, 0.3) is 5.91 Å². The van der Waals surface area contributed by atoms with Crippen molar-refractivity contribution in [2.75, 3.05) is 20.3 Å². The Morgan fingerprint density at radius 2 is 2.32 bits per heavy atom. The van der Waals surface area contributed by atoms with Crippen LogP contribution < -0.4 is 0 Å². The number of hydrogen-bond acceptors (Lipinski definition) is 5. The van der Waals surface area contributed by atoms with E-state index >= 15 is 0 Å². The van der Waals surface area contributed by atoms with E-state index in [0.717, 1.165) is 12.2 Å². The monoisotopic (exact) mass is 297 g/mol. The largest absolute Gasteiger partial charge is 0.462 e. The standard InChI is InChI=1S/C13H15NO3S2/c1-9-4-5-10(17-9)8-11-12(15)14(13(18)19-11)6-3-7-16-2/h4-5,8H,3,6-7H2,1-2H3/b11-8+. The lowest BCUT2D eigenvalue weighted by Gasteiger charge is -2.13. The molecule has 1 aliphatic heterocycles. The predicted octanol–water partition coefficient (Wildman–Crippen LogP) is 2.83. The van der Waals surface area contributed by atoms with Gasteiger partial charge in [-0.1, -0.05) is 24.0 Å². The van der Waals surface area contributed by atoms with E-state index < -0.39 is 0 Å². The molecule has 1 aromatic heterocycles. The Balaban J connectivity index is 2.07. The molecular formula is C13H15NO3S2. The zero-order chi connectivity index (χ0) is 13.8. The van der Waals surface area contributed by atoms with Crippen LogP contribution in [-0.2, 0) is 9.53 Å². The van der Waals surface area contributed by atoms with Gasteiger partial charge in [0.1, 0.15) is 15.8 Å². The molecule has 0 atom stereocenters. The maximum absolute atomic E-state index is 12.2. The number of ether oxygens (including phenoxy) is 1. The average Bonchev–Trinajstić information content (AvgIpc) is 2.88. The van der Waals surface area contributed by atoms with Gasteiger partial charge < -0.3 is 9.15 Å². The molecule has 1 fully saturated rings. The predicted molar refractivity (Wildman–Crippen MR) is 79.8 cm³/mol. The van der Waals surface area contributed by atoms with Crippen LogP contribution in [-0.4, -0.2) is 35.4 Å². The number of carbonyl (C=O) groups excluding carboxylic acids is 1. The van der Waals surface area contributed by atoms with Crippen molar-refractivity contribution >= 4 is 40.3 Å². The second-order valence-corrected chi connectivity index (χ2v) is 5.80. The quantitative estimate of drug-likeness (QED) is 0.475. The summed E-state index contributed by atoms with van der Waals surface area (Å²) in [5, 5.41) is 0. The molecule has 1 aliphatic rings. The summed E-state index contributed by atoms with van der Waals surface area (Å²) in [4.78, 5) is 14.4. The third-order valence-corrected chi connectivity index (χ3v) is 4.02. The van der Waals surface area contributed by atoms with Gasteiger partial charge >= 0.3 is 0 Å². The molecule has 1 amide bonds. The van der Waals surface area contributed by atoms with Crippen LogP contribution in [0.1, 0.15) is 17.9 Å².